The van der Waals surface area contributed by atoms with Crippen LogP contribution in [0.4, 0.5) is 10.8 Å². The van der Waals surface area contributed by atoms with Gasteiger partial charge in [-0.2, -0.15) is 4.37 Å². The van der Waals surface area contributed by atoms with Gasteiger partial charge in [0.1, 0.15) is 0 Å². The summed E-state index contributed by atoms with van der Waals surface area (Å²) >= 11 is 1.41. The molecule has 1 aromatic rings. The van der Waals surface area contributed by atoms with E-state index in [4.69, 9.17) is 10.5 Å². The van der Waals surface area contributed by atoms with Crippen molar-refractivity contribution in [3.8, 4) is 5.75 Å². The third-order valence-electron chi connectivity index (χ3n) is 3.94. The molecule has 1 heterocycles. The second kappa shape index (κ2) is 6.98. The van der Waals surface area contributed by atoms with Gasteiger partial charge in [-0.3, -0.25) is 0 Å². The number of nitrogens with two attached hydrogens (primary N) is 1. The van der Waals surface area contributed by atoms with E-state index in [-0.39, 0.29) is 0 Å². The summed E-state index contributed by atoms with van der Waals surface area (Å²) in [6.07, 6.45) is 7.93. The number of ether oxygens (including phenoxy) is 1. The SMILES string of the molecule is CCOc1c(N)nsc1NC(CC)C1CCCCC1. The van der Waals surface area contributed by atoms with E-state index < -0.39 is 0 Å². The summed E-state index contributed by atoms with van der Waals surface area (Å²) in [6.45, 7) is 4.84. The highest BCUT2D eigenvalue weighted by Gasteiger charge is 2.24. The number of aromatic nitrogens is 1. The molecule has 19 heavy (non-hydrogen) atoms. The average molecular weight is 283 g/mol. The van der Waals surface area contributed by atoms with Gasteiger partial charge in [0.2, 0.25) is 0 Å². The molecule has 3 N–H and O–H groups in total. The molecule has 2 rings (SSSR count). The highest BCUT2D eigenvalue weighted by Crippen LogP contribution is 2.38. The lowest BCUT2D eigenvalue weighted by molar-refractivity contribution is 0.311. The topological polar surface area (TPSA) is 60.2 Å². The molecule has 1 fully saturated rings. The lowest BCUT2D eigenvalue weighted by atomic mass is 9.83. The van der Waals surface area contributed by atoms with Gasteiger partial charge in [0.15, 0.2) is 16.6 Å². The van der Waals surface area contributed by atoms with E-state index in [9.17, 15) is 0 Å². The van der Waals surface area contributed by atoms with Gasteiger partial charge < -0.3 is 15.8 Å². The maximum absolute atomic E-state index is 5.86. The molecule has 0 saturated heterocycles. The first kappa shape index (κ1) is 14.4. The lowest BCUT2D eigenvalue weighted by Crippen LogP contribution is -2.29. The Morgan fingerprint density at radius 1 is 1.37 bits per heavy atom. The molecule has 4 nitrogen and oxygen atoms in total. The molecule has 1 saturated carbocycles. The van der Waals surface area contributed by atoms with Crippen molar-refractivity contribution in [2.45, 2.75) is 58.4 Å². The number of hydrogen-bond acceptors (Lipinski definition) is 5. The average Bonchev–Trinajstić information content (AvgIpc) is 2.79. The van der Waals surface area contributed by atoms with Crippen molar-refractivity contribution in [2.24, 2.45) is 5.92 Å². The van der Waals surface area contributed by atoms with Gasteiger partial charge in [-0.1, -0.05) is 26.2 Å². The normalized spacial score (nSPS) is 18.2. The monoisotopic (exact) mass is 283 g/mol. The zero-order chi connectivity index (χ0) is 13.7. The number of rotatable bonds is 6. The van der Waals surface area contributed by atoms with Gasteiger partial charge in [-0.05, 0) is 43.6 Å². The molecule has 0 bridgehead atoms. The highest BCUT2D eigenvalue weighted by atomic mass is 32.1. The third kappa shape index (κ3) is 3.53. The Hall–Kier alpha value is -0.970. The summed E-state index contributed by atoms with van der Waals surface area (Å²) in [7, 11) is 0. The second-order valence-electron chi connectivity index (χ2n) is 5.22. The van der Waals surface area contributed by atoms with E-state index in [2.05, 4.69) is 16.6 Å². The van der Waals surface area contributed by atoms with Gasteiger partial charge in [0, 0.05) is 6.04 Å². The Labute approximate surface area is 119 Å². The van der Waals surface area contributed by atoms with E-state index in [1.165, 1.54) is 43.6 Å². The molecular formula is C14H25N3OS. The molecule has 0 spiro atoms. The third-order valence-corrected chi connectivity index (χ3v) is 4.71. The minimum atomic E-state index is 0.507. The molecule has 0 aliphatic heterocycles. The molecular weight excluding hydrogens is 258 g/mol. The Balaban J connectivity index is 2.04. The molecule has 0 amide bonds. The fraction of sp³-hybridized carbons (Fsp3) is 0.786. The van der Waals surface area contributed by atoms with E-state index in [0.29, 0.717) is 18.5 Å². The van der Waals surface area contributed by atoms with Crippen LogP contribution in [0, 0.1) is 5.92 Å². The smallest absolute Gasteiger partial charge is 0.197 e. The molecule has 0 radical (unpaired) electrons. The van der Waals surface area contributed by atoms with Crippen molar-refractivity contribution in [3.05, 3.63) is 0 Å². The van der Waals surface area contributed by atoms with Crippen molar-refractivity contribution >= 4 is 22.4 Å². The van der Waals surface area contributed by atoms with Crippen LogP contribution in [-0.2, 0) is 0 Å². The van der Waals surface area contributed by atoms with Gasteiger partial charge in [-0.25, -0.2) is 0 Å². The zero-order valence-corrected chi connectivity index (χ0v) is 12.8. The second-order valence-corrected chi connectivity index (χ2v) is 5.99. The van der Waals surface area contributed by atoms with Crippen LogP contribution in [0.3, 0.4) is 0 Å². The van der Waals surface area contributed by atoms with Crippen LogP contribution in [0.2, 0.25) is 0 Å². The lowest BCUT2D eigenvalue weighted by Gasteiger charge is -2.30. The van der Waals surface area contributed by atoms with Crippen LogP contribution >= 0.6 is 11.5 Å². The molecule has 5 heteroatoms. The van der Waals surface area contributed by atoms with Crippen molar-refractivity contribution in [3.63, 3.8) is 0 Å². The number of anilines is 2. The fourth-order valence-electron chi connectivity index (χ4n) is 2.93. The summed E-state index contributed by atoms with van der Waals surface area (Å²) in [5.74, 6) is 2.02. The van der Waals surface area contributed by atoms with Crippen LogP contribution in [0.5, 0.6) is 5.75 Å². The molecule has 1 aliphatic rings. The van der Waals surface area contributed by atoms with Gasteiger partial charge in [-0.15, -0.1) is 0 Å². The first-order valence-electron chi connectivity index (χ1n) is 7.40. The number of hydrogen-bond donors (Lipinski definition) is 2. The van der Waals surface area contributed by atoms with Crippen LogP contribution < -0.4 is 15.8 Å². The minimum absolute atomic E-state index is 0.507. The quantitative estimate of drug-likeness (QED) is 0.831. The van der Waals surface area contributed by atoms with E-state index in [1.54, 1.807) is 0 Å². The van der Waals surface area contributed by atoms with E-state index >= 15 is 0 Å². The number of nitrogens with one attached hydrogen (secondary N) is 1. The number of nitrogen functional groups attached to an aromatic ring is 1. The van der Waals surface area contributed by atoms with Crippen molar-refractivity contribution < 1.29 is 4.74 Å². The van der Waals surface area contributed by atoms with Gasteiger partial charge >= 0.3 is 0 Å². The molecule has 1 unspecified atom stereocenters. The predicted molar refractivity (Wildman–Crippen MR) is 82.0 cm³/mol. The Kier molecular flexibility index (Phi) is 5.31. The Morgan fingerprint density at radius 2 is 2.11 bits per heavy atom. The number of nitrogens with zero attached hydrogens (tertiary/aromatic N) is 1. The molecule has 1 atom stereocenters. The maximum Gasteiger partial charge on any atom is 0.197 e. The fourth-order valence-corrected chi connectivity index (χ4v) is 3.65. The zero-order valence-electron chi connectivity index (χ0n) is 11.9. The summed E-state index contributed by atoms with van der Waals surface area (Å²) in [5.41, 5.74) is 5.86. The van der Waals surface area contributed by atoms with Crippen LogP contribution in [0.15, 0.2) is 0 Å². The molecule has 108 valence electrons. The van der Waals surface area contributed by atoms with E-state index in [0.717, 1.165) is 23.1 Å². The first-order chi connectivity index (χ1) is 9.26. The largest absolute Gasteiger partial charge is 0.487 e. The first-order valence-corrected chi connectivity index (χ1v) is 8.18. The summed E-state index contributed by atoms with van der Waals surface area (Å²) in [6, 6.07) is 0.513. The van der Waals surface area contributed by atoms with Crippen LogP contribution in [-0.4, -0.2) is 17.0 Å². The summed E-state index contributed by atoms with van der Waals surface area (Å²) in [4.78, 5) is 0. The van der Waals surface area contributed by atoms with Crippen molar-refractivity contribution in [1.82, 2.24) is 4.37 Å². The minimum Gasteiger partial charge on any atom is -0.487 e. The highest BCUT2D eigenvalue weighted by molar-refractivity contribution is 7.11. The van der Waals surface area contributed by atoms with Crippen molar-refractivity contribution in [1.29, 1.82) is 0 Å². The maximum atomic E-state index is 5.86. The summed E-state index contributed by atoms with van der Waals surface area (Å²) < 4.78 is 9.80. The van der Waals surface area contributed by atoms with Crippen LogP contribution in [0.1, 0.15) is 52.4 Å². The van der Waals surface area contributed by atoms with Gasteiger partial charge in [0.25, 0.3) is 0 Å². The molecule has 1 aliphatic carbocycles. The van der Waals surface area contributed by atoms with Crippen LogP contribution in [0.25, 0.3) is 0 Å². The molecule has 1 aromatic heterocycles. The van der Waals surface area contributed by atoms with E-state index in [1.807, 2.05) is 6.92 Å². The summed E-state index contributed by atoms with van der Waals surface area (Å²) in [5, 5.41) is 4.62. The Bertz CT molecular complexity index is 388. The molecule has 0 aromatic carbocycles. The van der Waals surface area contributed by atoms with Crippen molar-refractivity contribution in [2.75, 3.05) is 17.7 Å². The Morgan fingerprint density at radius 3 is 2.74 bits per heavy atom. The standard InChI is InChI=1S/C14H25N3OS/c1-3-11(10-8-6-5-7-9-10)16-14-12(18-4-2)13(15)17-19-14/h10-11,16H,3-9H2,1-2H3,(H2,15,17). The predicted octanol–water partition coefficient (Wildman–Crippen LogP) is 3.89. The van der Waals surface area contributed by atoms with Gasteiger partial charge in [0.05, 0.1) is 6.61 Å².